The molecule has 0 radical (unpaired) electrons. The smallest absolute Gasteiger partial charge is 0.343 e. The van der Waals surface area contributed by atoms with Crippen molar-refractivity contribution in [1.29, 1.82) is 0 Å². The summed E-state index contributed by atoms with van der Waals surface area (Å²) in [7, 11) is 1.28. The number of hydrogen-bond acceptors (Lipinski definition) is 3. The first-order valence-electron chi connectivity index (χ1n) is 5.48. The van der Waals surface area contributed by atoms with Crippen molar-refractivity contribution >= 4 is 5.97 Å². The van der Waals surface area contributed by atoms with Crippen LogP contribution >= 0.6 is 0 Å². The Morgan fingerprint density at radius 2 is 2.31 bits per heavy atom. The molecule has 4 heteroatoms. The molecular formula is C12H15NO3. The second kappa shape index (κ2) is 4.12. The number of ether oxygens (including phenoxy) is 1. The van der Waals surface area contributed by atoms with Crippen LogP contribution in [-0.2, 0) is 11.2 Å². The van der Waals surface area contributed by atoms with Crippen molar-refractivity contribution in [2.75, 3.05) is 7.11 Å². The number of aromatic amines is 1. The number of aromatic nitrogens is 1. The summed E-state index contributed by atoms with van der Waals surface area (Å²) in [4.78, 5) is 25.8. The summed E-state index contributed by atoms with van der Waals surface area (Å²) >= 11 is 0. The van der Waals surface area contributed by atoms with E-state index in [4.69, 9.17) is 0 Å². The molecule has 16 heavy (non-hydrogen) atoms. The van der Waals surface area contributed by atoms with Crippen LogP contribution in [0.3, 0.4) is 0 Å². The van der Waals surface area contributed by atoms with Gasteiger partial charge in [0.05, 0.1) is 7.11 Å². The summed E-state index contributed by atoms with van der Waals surface area (Å²) < 4.78 is 4.58. The van der Waals surface area contributed by atoms with Crippen LogP contribution in [0.25, 0.3) is 0 Å². The van der Waals surface area contributed by atoms with Gasteiger partial charge in [-0.3, -0.25) is 4.79 Å². The maximum Gasteiger partial charge on any atom is 0.343 e. The molecule has 1 N–H and O–H groups in total. The molecular weight excluding hydrogens is 206 g/mol. The maximum absolute atomic E-state index is 11.7. The number of methoxy groups -OCH3 is 1. The molecule has 0 spiro atoms. The average Bonchev–Trinajstić information content (AvgIpc) is 2.29. The zero-order chi connectivity index (χ0) is 11.7. The first kappa shape index (κ1) is 10.9. The Bertz CT molecular complexity index is 476. The number of nitrogens with one attached hydrogen (secondary N) is 1. The third-order valence-corrected chi connectivity index (χ3v) is 3.14. The minimum atomic E-state index is -0.567. The van der Waals surface area contributed by atoms with E-state index in [-0.39, 0.29) is 11.1 Å². The molecule has 1 unspecified atom stereocenters. The molecule has 0 bridgehead atoms. The second-order valence-corrected chi connectivity index (χ2v) is 4.24. The summed E-state index contributed by atoms with van der Waals surface area (Å²) in [5.41, 5.74) is 1.80. The van der Waals surface area contributed by atoms with Crippen LogP contribution in [0.1, 0.15) is 47.3 Å². The molecule has 4 nitrogen and oxygen atoms in total. The van der Waals surface area contributed by atoms with E-state index < -0.39 is 5.97 Å². The van der Waals surface area contributed by atoms with E-state index in [2.05, 4.69) is 16.6 Å². The molecule has 1 aromatic rings. The van der Waals surface area contributed by atoms with Crippen LogP contribution in [0.2, 0.25) is 0 Å². The normalized spacial score (nSPS) is 19.0. The van der Waals surface area contributed by atoms with Crippen LogP contribution < -0.4 is 5.56 Å². The predicted octanol–water partition coefficient (Wildman–Crippen LogP) is 1.60. The lowest BCUT2D eigenvalue weighted by molar-refractivity contribution is 0.0598. The van der Waals surface area contributed by atoms with E-state index in [1.54, 1.807) is 6.07 Å². The molecule has 0 fully saturated rings. The van der Waals surface area contributed by atoms with Crippen molar-refractivity contribution < 1.29 is 9.53 Å². The summed E-state index contributed by atoms with van der Waals surface area (Å²) in [5, 5.41) is 0. The average molecular weight is 221 g/mol. The van der Waals surface area contributed by atoms with E-state index >= 15 is 0 Å². The quantitative estimate of drug-likeness (QED) is 0.733. The molecule has 0 aliphatic heterocycles. The fourth-order valence-electron chi connectivity index (χ4n) is 2.24. The molecule has 1 aliphatic carbocycles. The van der Waals surface area contributed by atoms with Crippen LogP contribution in [0.15, 0.2) is 10.9 Å². The maximum atomic E-state index is 11.7. The van der Waals surface area contributed by atoms with E-state index in [0.717, 1.165) is 30.5 Å². The number of carbonyl (C=O) groups is 1. The van der Waals surface area contributed by atoms with Gasteiger partial charge in [0.1, 0.15) is 5.56 Å². The number of pyridine rings is 1. The molecule has 0 aromatic carbocycles. The lowest BCUT2D eigenvalue weighted by Gasteiger charge is -2.21. The highest BCUT2D eigenvalue weighted by Crippen LogP contribution is 2.28. The molecule has 1 aliphatic rings. The van der Waals surface area contributed by atoms with Gasteiger partial charge >= 0.3 is 5.97 Å². The number of rotatable bonds is 1. The van der Waals surface area contributed by atoms with Gasteiger partial charge in [-0.1, -0.05) is 6.92 Å². The van der Waals surface area contributed by atoms with Crippen molar-refractivity contribution in [2.24, 2.45) is 0 Å². The highest BCUT2D eigenvalue weighted by Gasteiger charge is 2.21. The van der Waals surface area contributed by atoms with Gasteiger partial charge < -0.3 is 9.72 Å². The number of aryl methyl sites for hydroxylation is 1. The molecule has 0 amide bonds. The standard InChI is InChI=1S/C12H15NO3/c1-7-4-3-5-8-6-9(12(15)16-2)11(14)13-10(7)8/h6-7H,3-5H2,1-2H3,(H,13,14). The van der Waals surface area contributed by atoms with Gasteiger partial charge in [0.15, 0.2) is 0 Å². The first-order valence-corrected chi connectivity index (χ1v) is 5.48. The number of esters is 1. The number of H-pyrrole nitrogens is 1. The van der Waals surface area contributed by atoms with Crippen LogP contribution in [-0.4, -0.2) is 18.1 Å². The number of carbonyl (C=O) groups excluding carboxylic acids is 1. The molecule has 0 saturated carbocycles. The second-order valence-electron chi connectivity index (χ2n) is 4.24. The van der Waals surface area contributed by atoms with Crippen molar-refractivity contribution in [3.05, 3.63) is 33.2 Å². The van der Waals surface area contributed by atoms with Gasteiger partial charge in [0, 0.05) is 5.69 Å². The molecule has 1 heterocycles. The molecule has 1 atom stereocenters. The van der Waals surface area contributed by atoms with E-state index in [1.165, 1.54) is 7.11 Å². The van der Waals surface area contributed by atoms with Crippen molar-refractivity contribution in [3.63, 3.8) is 0 Å². The third-order valence-electron chi connectivity index (χ3n) is 3.14. The SMILES string of the molecule is COC(=O)c1cc2c([nH]c1=O)C(C)CCC2. The summed E-state index contributed by atoms with van der Waals surface area (Å²) in [6.45, 7) is 2.09. The van der Waals surface area contributed by atoms with Crippen molar-refractivity contribution in [2.45, 2.75) is 32.1 Å². The fourth-order valence-corrected chi connectivity index (χ4v) is 2.24. The lowest BCUT2D eigenvalue weighted by Crippen LogP contribution is -2.24. The lowest BCUT2D eigenvalue weighted by atomic mass is 9.87. The zero-order valence-corrected chi connectivity index (χ0v) is 9.50. The van der Waals surface area contributed by atoms with Gasteiger partial charge in [0.25, 0.3) is 5.56 Å². The largest absolute Gasteiger partial charge is 0.465 e. The van der Waals surface area contributed by atoms with Gasteiger partial charge in [-0.15, -0.1) is 0 Å². The molecule has 1 aromatic heterocycles. The first-order chi connectivity index (χ1) is 7.63. The highest BCUT2D eigenvalue weighted by molar-refractivity contribution is 5.89. The minimum Gasteiger partial charge on any atom is -0.465 e. The van der Waals surface area contributed by atoms with Gasteiger partial charge in [-0.2, -0.15) is 0 Å². The molecule has 2 rings (SSSR count). The Balaban J connectivity index is 2.53. The van der Waals surface area contributed by atoms with Crippen LogP contribution in [0.4, 0.5) is 0 Å². The summed E-state index contributed by atoms with van der Waals surface area (Å²) in [6, 6.07) is 1.68. The zero-order valence-electron chi connectivity index (χ0n) is 9.50. The number of hydrogen-bond donors (Lipinski definition) is 1. The third kappa shape index (κ3) is 1.75. The Morgan fingerprint density at radius 1 is 1.56 bits per heavy atom. The van der Waals surface area contributed by atoms with E-state index in [1.807, 2.05) is 0 Å². The van der Waals surface area contributed by atoms with Gasteiger partial charge in [-0.05, 0) is 36.8 Å². The topological polar surface area (TPSA) is 59.2 Å². The summed E-state index contributed by atoms with van der Waals surface area (Å²) in [6.07, 6.45) is 3.10. The highest BCUT2D eigenvalue weighted by atomic mass is 16.5. The Morgan fingerprint density at radius 3 is 3.00 bits per heavy atom. The monoisotopic (exact) mass is 221 g/mol. The summed E-state index contributed by atoms with van der Waals surface area (Å²) in [5.74, 6) is -0.203. The number of fused-ring (bicyclic) bond motifs is 1. The molecule has 86 valence electrons. The van der Waals surface area contributed by atoms with Gasteiger partial charge in [0.2, 0.25) is 0 Å². The fraction of sp³-hybridized carbons (Fsp3) is 0.500. The van der Waals surface area contributed by atoms with E-state index in [0.29, 0.717) is 5.92 Å². The van der Waals surface area contributed by atoms with Crippen molar-refractivity contribution in [1.82, 2.24) is 4.98 Å². The Kier molecular flexibility index (Phi) is 2.81. The minimum absolute atomic E-state index is 0.107. The van der Waals surface area contributed by atoms with Crippen LogP contribution in [0.5, 0.6) is 0 Å². The van der Waals surface area contributed by atoms with Crippen LogP contribution in [0, 0.1) is 0 Å². The molecule has 0 saturated heterocycles. The Labute approximate surface area is 93.6 Å². The van der Waals surface area contributed by atoms with Gasteiger partial charge in [-0.25, -0.2) is 4.79 Å². The van der Waals surface area contributed by atoms with Crippen molar-refractivity contribution in [3.8, 4) is 0 Å². The predicted molar refractivity (Wildman–Crippen MR) is 59.8 cm³/mol. The van der Waals surface area contributed by atoms with E-state index in [9.17, 15) is 9.59 Å². The Hall–Kier alpha value is -1.58.